The van der Waals surface area contributed by atoms with Crippen molar-refractivity contribution in [3.63, 3.8) is 0 Å². The number of hydrogen-bond donors (Lipinski definition) is 1. The van der Waals surface area contributed by atoms with Crippen molar-refractivity contribution in [1.82, 2.24) is 5.32 Å². The van der Waals surface area contributed by atoms with E-state index >= 15 is 0 Å². The van der Waals surface area contributed by atoms with Crippen molar-refractivity contribution in [3.8, 4) is 11.1 Å². The van der Waals surface area contributed by atoms with Crippen LogP contribution >= 0.6 is 22.9 Å². The van der Waals surface area contributed by atoms with Crippen LogP contribution in [0.1, 0.15) is 18.9 Å². The van der Waals surface area contributed by atoms with Gasteiger partial charge in [0.1, 0.15) is 0 Å². The van der Waals surface area contributed by atoms with E-state index in [1.54, 1.807) is 11.3 Å². The summed E-state index contributed by atoms with van der Waals surface area (Å²) in [6.07, 6.45) is 1.14. The Morgan fingerprint density at radius 1 is 1.10 bits per heavy atom. The standard InChI is InChI=1S/C18H18ClNS/c1-2-9-20-12-14-6-7-15(19)11-17(14)16-5-3-4-13-8-10-21-18(13)16/h3-8,10-11,20H,2,9,12H2,1H3. The van der Waals surface area contributed by atoms with Gasteiger partial charge >= 0.3 is 0 Å². The van der Waals surface area contributed by atoms with Crippen LogP contribution in [-0.4, -0.2) is 6.54 Å². The fourth-order valence-electron chi connectivity index (χ4n) is 2.56. The van der Waals surface area contributed by atoms with Crippen molar-refractivity contribution in [2.24, 2.45) is 0 Å². The van der Waals surface area contributed by atoms with Crippen LogP contribution in [0.25, 0.3) is 21.2 Å². The number of halogens is 1. The Balaban J connectivity index is 2.07. The van der Waals surface area contributed by atoms with Crippen LogP contribution in [0.2, 0.25) is 5.02 Å². The third kappa shape index (κ3) is 3.13. The highest BCUT2D eigenvalue weighted by Gasteiger charge is 2.10. The van der Waals surface area contributed by atoms with E-state index in [9.17, 15) is 0 Å². The Morgan fingerprint density at radius 3 is 2.86 bits per heavy atom. The summed E-state index contributed by atoms with van der Waals surface area (Å²) < 4.78 is 1.33. The molecule has 21 heavy (non-hydrogen) atoms. The highest BCUT2D eigenvalue weighted by Crippen LogP contribution is 2.35. The van der Waals surface area contributed by atoms with Gasteiger partial charge in [0.05, 0.1) is 0 Å². The van der Waals surface area contributed by atoms with Crippen molar-refractivity contribution in [2.45, 2.75) is 19.9 Å². The van der Waals surface area contributed by atoms with Gasteiger partial charge in [-0.3, -0.25) is 0 Å². The second-order valence-corrected chi connectivity index (χ2v) is 6.48. The van der Waals surface area contributed by atoms with E-state index in [1.807, 2.05) is 6.07 Å². The normalized spacial score (nSPS) is 11.1. The molecule has 0 radical (unpaired) electrons. The van der Waals surface area contributed by atoms with Crippen LogP contribution in [0.3, 0.4) is 0 Å². The van der Waals surface area contributed by atoms with Crippen molar-refractivity contribution >= 4 is 33.0 Å². The molecule has 0 fully saturated rings. The molecule has 1 heterocycles. The first kappa shape index (κ1) is 14.6. The van der Waals surface area contributed by atoms with Crippen LogP contribution in [0.15, 0.2) is 47.8 Å². The van der Waals surface area contributed by atoms with E-state index in [1.165, 1.54) is 26.8 Å². The molecule has 1 aromatic heterocycles. The van der Waals surface area contributed by atoms with Crippen molar-refractivity contribution in [1.29, 1.82) is 0 Å². The first-order chi connectivity index (χ1) is 10.3. The molecule has 0 atom stereocenters. The van der Waals surface area contributed by atoms with Crippen LogP contribution in [0, 0.1) is 0 Å². The molecule has 3 rings (SSSR count). The molecule has 0 saturated carbocycles. The predicted octanol–water partition coefficient (Wildman–Crippen LogP) is 5.72. The Hall–Kier alpha value is -1.35. The van der Waals surface area contributed by atoms with Crippen LogP contribution < -0.4 is 5.32 Å². The molecule has 0 aliphatic heterocycles. The lowest BCUT2D eigenvalue weighted by Crippen LogP contribution is -2.14. The quantitative estimate of drug-likeness (QED) is 0.594. The fourth-order valence-corrected chi connectivity index (χ4v) is 3.66. The second kappa shape index (κ2) is 6.61. The molecule has 0 amide bonds. The summed E-state index contributed by atoms with van der Waals surface area (Å²) in [5.74, 6) is 0. The monoisotopic (exact) mass is 315 g/mol. The van der Waals surface area contributed by atoms with E-state index in [0.29, 0.717) is 0 Å². The Bertz CT molecular complexity index is 748. The predicted molar refractivity (Wildman–Crippen MR) is 94.3 cm³/mol. The van der Waals surface area contributed by atoms with Gasteiger partial charge in [-0.1, -0.05) is 42.8 Å². The Labute approximate surface area is 134 Å². The van der Waals surface area contributed by atoms with Crippen molar-refractivity contribution < 1.29 is 0 Å². The Kier molecular flexibility index (Phi) is 4.59. The summed E-state index contributed by atoms with van der Waals surface area (Å²) in [7, 11) is 0. The SMILES string of the molecule is CCCNCc1ccc(Cl)cc1-c1cccc2ccsc12. The number of fused-ring (bicyclic) bond motifs is 1. The summed E-state index contributed by atoms with van der Waals surface area (Å²) in [5, 5.41) is 7.72. The van der Waals surface area contributed by atoms with E-state index in [0.717, 1.165) is 24.5 Å². The third-order valence-corrected chi connectivity index (χ3v) is 4.78. The van der Waals surface area contributed by atoms with Crippen LogP contribution in [0.5, 0.6) is 0 Å². The largest absolute Gasteiger partial charge is 0.313 e. The van der Waals surface area contributed by atoms with Crippen LogP contribution in [0.4, 0.5) is 0 Å². The molecule has 2 aromatic carbocycles. The van der Waals surface area contributed by atoms with Gasteiger partial charge in [0.2, 0.25) is 0 Å². The van der Waals surface area contributed by atoms with Gasteiger partial charge in [-0.2, -0.15) is 0 Å². The van der Waals surface area contributed by atoms with E-state index < -0.39 is 0 Å². The highest BCUT2D eigenvalue weighted by atomic mass is 35.5. The molecule has 0 bridgehead atoms. The molecule has 1 nitrogen and oxygen atoms in total. The molecular formula is C18H18ClNS. The molecule has 0 aliphatic carbocycles. The number of nitrogens with one attached hydrogen (secondary N) is 1. The number of rotatable bonds is 5. The summed E-state index contributed by atoms with van der Waals surface area (Å²) >= 11 is 8.02. The first-order valence-electron chi connectivity index (χ1n) is 7.25. The maximum atomic E-state index is 6.24. The lowest BCUT2D eigenvalue weighted by atomic mass is 9.98. The van der Waals surface area contributed by atoms with Gasteiger partial charge < -0.3 is 5.32 Å². The number of hydrogen-bond acceptors (Lipinski definition) is 2. The zero-order valence-corrected chi connectivity index (χ0v) is 13.6. The minimum Gasteiger partial charge on any atom is -0.313 e. The minimum absolute atomic E-state index is 0.790. The van der Waals surface area contributed by atoms with Crippen molar-refractivity contribution in [3.05, 3.63) is 58.4 Å². The minimum atomic E-state index is 0.790. The summed E-state index contributed by atoms with van der Waals surface area (Å²) in [4.78, 5) is 0. The molecule has 0 unspecified atom stereocenters. The average molecular weight is 316 g/mol. The van der Waals surface area contributed by atoms with Gasteiger partial charge in [-0.15, -0.1) is 11.3 Å². The molecule has 1 N–H and O–H groups in total. The summed E-state index contributed by atoms with van der Waals surface area (Å²) in [6.45, 7) is 4.09. The zero-order chi connectivity index (χ0) is 14.7. The topological polar surface area (TPSA) is 12.0 Å². The lowest BCUT2D eigenvalue weighted by molar-refractivity contribution is 0.676. The van der Waals surface area contributed by atoms with Gasteiger partial charge in [-0.05, 0) is 58.6 Å². The zero-order valence-electron chi connectivity index (χ0n) is 12.0. The smallest absolute Gasteiger partial charge is 0.0421 e. The molecular weight excluding hydrogens is 298 g/mol. The average Bonchev–Trinajstić information content (AvgIpc) is 2.97. The van der Waals surface area contributed by atoms with Gasteiger partial charge in [0.15, 0.2) is 0 Å². The second-order valence-electron chi connectivity index (χ2n) is 5.12. The summed E-state index contributed by atoms with van der Waals surface area (Å²) in [5.41, 5.74) is 3.81. The molecule has 0 aliphatic rings. The molecule has 108 valence electrons. The van der Waals surface area contributed by atoms with Crippen molar-refractivity contribution in [2.75, 3.05) is 6.54 Å². The molecule has 0 saturated heterocycles. The van der Waals surface area contributed by atoms with E-state index in [-0.39, 0.29) is 0 Å². The number of thiophene rings is 1. The van der Waals surface area contributed by atoms with Gasteiger partial charge in [0, 0.05) is 16.3 Å². The Morgan fingerprint density at radius 2 is 2.00 bits per heavy atom. The number of benzene rings is 2. The third-order valence-electron chi connectivity index (χ3n) is 3.58. The van der Waals surface area contributed by atoms with Gasteiger partial charge in [0.25, 0.3) is 0 Å². The van der Waals surface area contributed by atoms with E-state index in [4.69, 9.17) is 11.6 Å². The van der Waals surface area contributed by atoms with E-state index in [2.05, 4.69) is 54.0 Å². The fraction of sp³-hybridized carbons (Fsp3) is 0.222. The maximum Gasteiger partial charge on any atom is 0.0421 e. The van der Waals surface area contributed by atoms with Gasteiger partial charge in [-0.25, -0.2) is 0 Å². The molecule has 3 aromatic rings. The lowest BCUT2D eigenvalue weighted by Gasteiger charge is -2.12. The first-order valence-corrected chi connectivity index (χ1v) is 8.51. The summed E-state index contributed by atoms with van der Waals surface area (Å²) in [6, 6.07) is 14.8. The highest BCUT2D eigenvalue weighted by molar-refractivity contribution is 7.17. The maximum absolute atomic E-state index is 6.24. The van der Waals surface area contributed by atoms with Crippen LogP contribution in [-0.2, 0) is 6.54 Å². The molecule has 0 spiro atoms. The molecule has 3 heteroatoms.